The summed E-state index contributed by atoms with van der Waals surface area (Å²) < 4.78 is 288. The van der Waals surface area contributed by atoms with Gasteiger partial charge in [0, 0.05) is 18.9 Å². The van der Waals surface area contributed by atoms with Crippen LogP contribution in [0.15, 0.2) is 0 Å². The molecule has 0 heterocycles. The molecule has 0 saturated heterocycles. The zero-order chi connectivity index (χ0) is 46.6. The van der Waals surface area contributed by atoms with Crippen molar-refractivity contribution in [3.05, 3.63) is 0 Å². The van der Waals surface area contributed by atoms with Gasteiger partial charge >= 0.3 is 49.2 Å². The summed E-state index contributed by atoms with van der Waals surface area (Å²) in [5, 5.41) is 28.5. The van der Waals surface area contributed by atoms with E-state index in [0.29, 0.717) is 19.3 Å². The van der Waals surface area contributed by atoms with Crippen molar-refractivity contribution in [2.75, 3.05) is 7.11 Å². The Bertz CT molecular complexity index is 1320. The maximum absolute atomic E-state index is 14.0. The minimum atomic E-state index is -6.80. The van der Waals surface area contributed by atoms with E-state index < -0.39 is 140 Å². The van der Waals surface area contributed by atoms with Crippen molar-refractivity contribution in [2.45, 2.75) is 150 Å². The first-order valence-electron chi connectivity index (χ1n) is 17.4. The smallest absolute Gasteiger partial charge is 0.426 e. The van der Waals surface area contributed by atoms with Crippen molar-refractivity contribution in [1.29, 1.82) is 0 Å². The number of esters is 1. The molecule has 59 heavy (non-hydrogen) atoms. The molecule has 7 atom stereocenters. The largest absolute Gasteiger partial charge is 0.462 e. The van der Waals surface area contributed by atoms with Crippen molar-refractivity contribution in [3.63, 3.8) is 0 Å². The molecule has 0 radical (unpaired) electrons. The summed E-state index contributed by atoms with van der Waals surface area (Å²) in [5.74, 6) is -10.4. The van der Waals surface area contributed by atoms with Crippen LogP contribution in [0, 0.1) is 35.0 Å². The number of rotatable bonds is 10. The average Bonchev–Trinajstić information content (AvgIpc) is 3.66. The van der Waals surface area contributed by atoms with Gasteiger partial charge in [0.05, 0.1) is 6.10 Å². The number of fused-ring (bicyclic) bond motifs is 2. The molecular weight excluding hydrogens is 879 g/mol. The van der Waals surface area contributed by atoms with Crippen LogP contribution >= 0.6 is 0 Å². The van der Waals surface area contributed by atoms with Gasteiger partial charge in [-0.25, -0.2) is 0 Å². The van der Waals surface area contributed by atoms with Crippen LogP contribution in [0.3, 0.4) is 0 Å². The number of aliphatic hydroxyl groups is 3. The van der Waals surface area contributed by atoms with Crippen LogP contribution in [0.25, 0.3) is 0 Å². The average molecular weight is 919 g/mol. The lowest BCUT2D eigenvalue weighted by Crippen LogP contribution is -2.67. The zero-order valence-electron chi connectivity index (χ0n) is 30.6. The monoisotopic (exact) mass is 918 g/mol. The third kappa shape index (κ3) is 10.1. The molecule has 0 aliphatic heterocycles. The Morgan fingerprint density at radius 2 is 1.00 bits per heavy atom. The molecule has 0 aromatic carbocycles. The highest BCUT2D eigenvalue weighted by Crippen LogP contribution is 2.59. The van der Waals surface area contributed by atoms with Crippen LogP contribution in [0.1, 0.15) is 78.1 Å². The lowest BCUT2D eigenvalue weighted by atomic mass is 9.65. The first kappa shape index (κ1) is 53.0. The molecule has 0 aromatic heterocycles. The van der Waals surface area contributed by atoms with Crippen LogP contribution in [-0.4, -0.2) is 101 Å². The summed E-state index contributed by atoms with van der Waals surface area (Å²) in [7, 11) is 0.896. The van der Waals surface area contributed by atoms with E-state index in [9.17, 15) is 107 Å². The second-order valence-corrected chi connectivity index (χ2v) is 15.3. The standard InChI is InChI=1S/C21H25F15O5.C11H14F6O/c1-4-14(17(22,23)24,8-9(2)40-3)13(37)41-12-6-10(15(38,18(25,26)27)19(28,29)30)5-11(7-12)16(39,20(31,32)33)21(34,35)36;12-10(13,14)9(18,11(15,16)17)5-8-4-6-1-2-7(8)3-6/h9-12,38-39H,4-8H2,1-3H3;6-8,18H,1-5H2. The number of methoxy groups -OCH3 is 1. The fraction of sp³-hybridized carbons (Fsp3) is 0.969. The molecule has 0 spiro atoms. The molecule has 7 unspecified atom stereocenters. The summed E-state index contributed by atoms with van der Waals surface area (Å²) in [6.45, 7) is 1.76. The first-order chi connectivity index (χ1) is 26.0. The van der Waals surface area contributed by atoms with E-state index in [4.69, 9.17) is 5.11 Å². The summed E-state index contributed by atoms with van der Waals surface area (Å²) in [4.78, 5) is 12.8. The molecule has 3 fully saturated rings. The van der Waals surface area contributed by atoms with Crippen molar-refractivity contribution in [1.82, 2.24) is 0 Å². The molecule has 3 aliphatic rings. The Morgan fingerprint density at radius 1 is 0.593 bits per heavy atom. The van der Waals surface area contributed by atoms with Gasteiger partial charge in [-0.1, -0.05) is 13.3 Å². The van der Waals surface area contributed by atoms with Gasteiger partial charge in [-0.05, 0) is 82.5 Å². The highest BCUT2D eigenvalue weighted by atomic mass is 19.4. The predicted molar refractivity (Wildman–Crippen MR) is 155 cm³/mol. The van der Waals surface area contributed by atoms with Crippen LogP contribution in [-0.2, 0) is 14.3 Å². The number of ether oxygens (including phenoxy) is 2. The van der Waals surface area contributed by atoms with E-state index in [0.717, 1.165) is 27.4 Å². The van der Waals surface area contributed by atoms with Crippen molar-refractivity contribution < 1.29 is 122 Å². The van der Waals surface area contributed by atoms with E-state index in [1.54, 1.807) is 0 Å². The lowest BCUT2D eigenvalue weighted by molar-refractivity contribution is -0.405. The van der Waals surface area contributed by atoms with E-state index >= 15 is 0 Å². The number of alkyl halides is 21. The van der Waals surface area contributed by atoms with Crippen molar-refractivity contribution in [2.24, 2.45) is 35.0 Å². The summed E-state index contributed by atoms with van der Waals surface area (Å²) in [5.41, 5.74) is -20.2. The Labute approximate surface area is 320 Å². The molecule has 0 aromatic rings. The molecule has 3 aliphatic carbocycles. The van der Waals surface area contributed by atoms with Gasteiger partial charge in [0.15, 0.2) is 5.41 Å². The predicted octanol–water partition coefficient (Wildman–Crippen LogP) is 10.1. The van der Waals surface area contributed by atoms with Crippen molar-refractivity contribution in [3.8, 4) is 0 Å². The second kappa shape index (κ2) is 16.8. The highest BCUT2D eigenvalue weighted by Gasteiger charge is 2.79. The Balaban J connectivity index is 0.000000548. The van der Waals surface area contributed by atoms with Crippen LogP contribution in [0.4, 0.5) is 92.2 Å². The molecule has 0 amide bonds. The molecular formula is C32H39F21O6. The molecule has 3 N–H and O–H groups in total. The van der Waals surface area contributed by atoms with Gasteiger partial charge in [0.25, 0.3) is 16.8 Å². The Morgan fingerprint density at radius 3 is 1.27 bits per heavy atom. The molecule has 6 nitrogen and oxygen atoms in total. The molecule has 27 heteroatoms. The van der Waals surface area contributed by atoms with Gasteiger partial charge in [0.2, 0.25) is 0 Å². The minimum Gasteiger partial charge on any atom is -0.462 e. The van der Waals surface area contributed by atoms with Gasteiger partial charge in [0.1, 0.15) is 6.10 Å². The fourth-order valence-electron chi connectivity index (χ4n) is 8.33. The van der Waals surface area contributed by atoms with Gasteiger partial charge in [-0.3, -0.25) is 4.79 Å². The Hall–Kier alpha value is -2.16. The number of hydrogen-bond donors (Lipinski definition) is 3. The van der Waals surface area contributed by atoms with E-state index in [2.05, 4.69) is 9.47 Å². The summed E-state index contributed by atoms with van der Waals surface area (Å²) in [6, 6.07) is 0. The molecule has 3 rings (SSSR count). The number of carbonyl (C=O) groups is 1. The zero-order valence-corrected chi connectivity index (χ0v) is 30.6. The maximum Gasteiger partial charge on any atom is 0.426 e. The minimum absolute atomic E-state index is 0.0915. The normalized spacial score (nSPS) is 27.2. The quantitative estimate of drug-likeness (QED) is 0.149. The maximum atomic E-state index is 14.0. The first-order valence-corrected chi connectivity index (χ1v) is 17.4. The van der Waals surface area contributed by atoms with Crippen LogP contribution in [0.2, 0.25) is 0 Å². The third-order valence-corrected chi connectivity index (χ3v) is 11.8. The lowest BCUT2D eigenvalue weighted by Gasteiger charge is -2.48. The number of hydrogen-bond acceptors (Lipinski definition) is 6. The molecule has 3 saturated carbocycles. The van der Waals surface area contributed by atoms with Gasteiger partial charge in [-0.2, -0.15) is 92.2 Å². The van der Waals surface area contributed by atoms with Gasteiger partial charge < -0.3 is 24.8 Å². The van der Waals surface area contributed by atoms with Crippen LogP contribution < -0.4 is 0 Å². The fourth-order valence-corrected chi connectivity index (χ4v) is 8.33. The Kier molecular flexibility index (Phi) is 15.1. The number of halogens is 21. The SMILES string of the molecule is CCC(CC(C)OC)(C(=O)OC1CC(C(O)(C(F)(F)F)C(F)(F)F)CC(C(O)(C(F)(F)F)C(F)(F)F)C1)C(F)(F)F.OC(CC1CC2CCC1C2)(C(F)(F)F)C(F)(F)F. The van der Waals surface area contributed by atoms with E-state index in [1.807, 2.05) is 0 Å². The summed E-state index contributed by atoms with van der Waals surface area (Å²) in [6.07, 6.45) is -55.9. The summed E-state index contributed by atoms with van der Waals surface area (Å²) >= 11 is 0. The third-order valence-electron chi connectivity index (χ3n) is 11.8. The molecule has 350 valence electrons. The van der Waals surface area contributed by atoms with Gasteiger partial charge in [-0.15, -0.1) is 0 Å². The van der Waals surface area contributed by atoms with E-state index in [-0.39, 0.29) is 11.8 Å². The second-order valence-electron chi connectivity index (χ2n) is 15.3. The number of carbonyl (C=O) groups excluding carboxylic acids is 1. The highest BCUT2D eigenvalue weighted by molar-refractivity contribution is 5.78. The van der Waals surface area contributed by atoms with Crippen molar-refractivity contribution >= 4 is 5.97 Å². The van der Waals surface area contributed by atoms with Crippen LogP contribution in [0.5, 0.6) is 0 Å². The molecule has 2 bridgehead atoms. The van der Waals surface area contributed by atoms with E-state index in [1.165, 1.54) is 0 Å². The topological polar surface area (TPSA) is 96.2 Å².